The Morgan fingerprint density at radius 2 is 2.04 bits per heavy atom. The zero-order valence-corrected chi connectivity index (χ0v) is 14.9. The molecule has 2 heterocycles. The van der Waals surface area contributed by atoms with Crippen molar-refractivity contribution in [2.45, 2.75) is 40.3 Å². The lowest BCUT2D eigenvalue weighted by Gasteiger charge is -2.12. The highest BCUT2D eigenvalue weighted by Gasteiger charge is 2.14. The first-order chi connectivity index (χ1) is 12.1. The van der Waals surface area contributed by atoms with Crippen molar-refractivity contribution in [3.05, 3.63) is 65.5 Å². The molecular weight excluding hydrogens is 314 g/mol. The van der Waals surface area contributed by atoms with Crippen molar-refractivity contribution < 1.29 is 4.79 Å². The quantitative estimate of drug-likeness (QED) is 0.752. The fourth-order valence-corrected chi connectivity index (χ4v) is 2.91. The van der Waals surface area contributed by atoms with Crippen LogP contribution in [-0.2, 0) is 13.1 Å². The Bertz CT molecular complexity index is 878. The standard InChI is InChI=1S/C19H23N5O/c1-4-10-24-14(2)17(13-22-24)19(25)21-12-16-7-5-6-8-18(16)23-11-9-20-15(23)3/h5-9,11,13H,4,10,12H2,1-3H3,(H,21,25). The Hall–Kier alpha value is -2.89. The number of para-hydroxylation sites is 1. The summed E-state index contributed by atoms with van der Waals surface area (Å²) >= 11 is 0. The molecule has 0 unspecified atom stereocenters. The minimum Gasteiger partial charge on any atom is -0.348 e. The maximum absolute atomic E-state index is 12.5. The largest absolute Gasteiger partial charge is 0.348 e. The number of imidazole rings is 1. The molecule has 0 aliphatic heterocycles. The third-order valence-electron chi connectivity index (χ3n) is 4.30. The zero-order chi connectivity index (χ0) is 17.8. The summed E-state index contributed by atoms with van der Waals surface area (Å²) in [5, 5.41) is 7.30. The van der Waals surface area contributed by atoms with Crippen LogP contribution in [-0.4, -0.2) is 25.2 Å². The van der Waals surface area contributed by atoms with Gasteiger partial charge >= 0.3 is 0 Å². The van der Waals surface area contributed by atoms with Gasteiger partial charge in [-0.05, 0) is 31.9 Å². The normalized spacial score (nSPS) is 10.8. The number of hydrogen-bond donors (Lipinski definition) is 1. The number of rotatable bonds is 6. The number of carbonyl (C=O) groups excluding carboxylic acids is 1. The van der Waals surface area contributed by atoms with Crippen molar-refractivity contribution in [2.24, 2.45) is 0 Å². The number of benzene rings is 1. The van der Waals surface area contributed by atoms with E-state index in [2.05, 4.69) is 22.3 Å². The molecule has 0 saturated heterocycles. The minimum atomic E-state index is -0.1000. The number of hydrogen-bond acceptors (Lipinski definition) is 3. The SMILES string of the molecule is CCCn1ncc(C(=O)NCc2ccccc2-n2ccnc2C)c1C. The monoisotopic (exact) mass is 337 g/mol. The van der Waals surface area contributed by atoms with E-state index in [1.165, 1.54) is 0 Å². The minimum absolute atomic E-state index is 0.1000. The summed E-state index contributed by atoms with van der Waals surface area (Å²) in [5.74, 6) is 0.812. The molecule has 3 aromatic rings. The lowest BCUT2D eigenvalue weighted by molar-refractivity contribution is 0.0950. The predicted molar refractivity (Wildman–Crippen MR) is 96.7 cm³/mol. The Labute approximate surface area is 147 Å². The van der Waals surface area contributed by atoms with Crippen LogP contribution in [0.2, 0.25) is 0 Å². The Kier molecular flexibility index (Phi) is 4.97. The van der Waals surface area contributed by atoms with Gasteiger partial charge in [0.15, 0.2) is 0 Å². The number of nitrogens with one attached hydrogen (secondary N) is 1. The molecule has 130 valence electrons. The van der Waals surface area contributed by atoms with Crippen LogP contribution in [0.15, 0.2) is 42.9 Å². The molecule has 0 saturated carbocycles. The third-order valence-corrected chi connectivity index (χ3v) is 4.30. The van der Waals surface area contributed by atoms with E-state index in [0.29, 0.717) is 12.1 Å². The summed E-state index contributed by atoms with van der Waals surface area (Å²) < 4.78 is 3.89. The number of carbonyl (C=O) groups is 1. The molecule has 6 heteroatoms. The summed E-state index contributed by atoms with van der Waals surface area (Å²) in [7, 11) is 0. The molecular formula is C19H23N5O. The average molecular weight is 337 g/mol. The molecule has 2 aromatic heterocycles. The van der Waals surface area contributed by atoms with Crippen LogP contribution in [0.25, 0.3) is 5.69 Å². The highest BCUT2D eigenvalue weighted by Crippen LogP contribution is 2.16. The number of aryl methyl sites for hydroxylation is 2. The first-order valence-corrected chi connectivity index (χ1v) is 8.50. The summed E-state index contributed by atoms with van der Waals surface area (Å²) in [5.41, 5.74) is 3.59. The molecule has 0 fully saturated rings. The third kappa shape index (κ3) is 3.47. The van der Waals surface area contributed by atoms with Crippen LogP contribution in [0.4, 0.5) is 0 Å². The van der Waals surface area contributed by atoms with Crippen LogP contribution in [0, 0.1) is 13.8 Å². The average Bonchev–Trinajstić information content (AvgIpc) is 3.20. The van der Waals surface area contributed by atoms with Gasteiger partial charge in [-0.25, -0.2) is 4.98 Å². The molecule has 25 heavy (non-hydrogen) atoms. The van der Waals surface area contributed by atoms with Crippen LogP contribution >= 0.6 is 0 Å². The molecule has 6 nitrogen and oxygen atoms in total. The van der Waals surface area contributed by atoms with E-state index in [9.17, 15) is 4.79 Å². The second kappa shape index (κ2) is 7.34. The summed E-state index contributed by atoms with van der Waals surface area (Å²) in [6, 6.07) is 8.00. The van der Waals surface area contributed by atoms with Crippen molar-refractivity contribution in [3.63, 3.8) is 0 Å². The van der Waals surface area contributed by atoms with Gasteiger partial charge in [-0.1, -0.05) is 25.1 Å². The van der Waals surface area contributed by atoms with E-state index in [-0.39, 0.29) is 5.91 Å². The Morgan fingerprint density at radius 1 is 1.24 bits per heavy atom. The van der Waals surface area contributed by atoms with Gasteiger partial charge in [0.25, 0.3) is 5.91 Å². The highest BCUT2D eigenvalue weighted by atomic mass is 16.1. The maximum atomic E-state index is 12.5. The molecule has 0 atom stereocenters. The maximum Gasteiger partial charge on any atom is 0.255 e. The van der Waals surface area contributed by atoms with Gasteiger partial charge in [-0.2, -0.15) is 5.10 Å². The van der Waals surface area contributed by atoms with E-state index in [4.69, 9.17) is 0 Å². The van der Waals surface area contributed by atoms with Crippen LogP contribution in [0.5, 0.6) is 0 Å². The lowest BCUT2D eigenvalue weighted by atomic mass is 10.1. The first kappa shape index (κ1) is 17.0. The highest BCUT2D eigenvalue weighted by molar-refractivity contribution is 5.95. The van der Waals surface area contributed by atoms with Crippen molar-refractivity contribution in [3.8, 4) is 5.69 Å². The van der Waals surface area contributed by atoms with E-state index < -0.39 is 0 Å². The molecule has 0 radical (unpaired) electrons. The number of amides is 1. The number of aromatic nitrogens is 4. The van der Waals surface area contributed by atoms with Crippen molar-refractivity contribution in [2.75, 3.05) is 0 Å². The van der Waals surface area contributed by atoms with Crippen molar-refractivity contribution in [1.82, 2.24) is 24.6 Å². The van der Waals surface area contributed by atoms with Crippen LogP contribution in [0.1, 0.15) is 40.8 Å². The first-order valence-electron chi connectivity index (χ1n) is 8.50. The topological polar surface area (TPSA) is 64.7 Å². The van der Waals surface area contributed by atoms with Crippen molar-refractivity contribution >= 4 is 5.91 Å². The van der Waals surface area contributed by atoms with Gasteiger partial charge in [-0.3, -0.25) is 9.48 Å². The Morgan fingerprint density at radius 3 is 2.76 bits per heavy atom. The van der Waals surface area contributed by atoms with Crippen LogP contribution in [0.3, 0.4) is 0 Å². The second-order valence-corrected chi connectivity index (χ2v) is 6.02. The smallest absolute Gasteiger partial charge is 0.255 e. The van der Waals surface area contributed by atoms with E-state index in [0.717, 1.165) is 35.7 Å². The van der Waals surface area contributed by atoms with Gasteiger partial charge in [0.2, 0.25) is 0 Å². The molecule has 3 rings (SSSR count). The molecule has 1 N–H and O–H groups in total. The predicted octanol–water partition coefficient (Wildman–Crippen LogP) is 3.03. The lowest BCUT2D eigenvalue weighted by Crippen LogP contribution is -2.24. The zero-order valence-electron chi connectivity index (χ0n) is 14.9. The molecule has 0 aliphatic carbocycles. The van der Waals surface area contributed by atoms with Gasteiger partial charge in [0.05, 0.1) is 17.4 Å². The van der Waals surface area contributed by atoms with E-state index in [1.807, 2.05) is 53.6 Å². The summed E-state index contributed by atoms with van der Waals surface area (Å²) in [4.78, 5) is 16.8. The molecule has 0 spiro atoms. The van der Waals surface area contributed by atoms with E-state index >= 15 is 0 Å². The van der Waals surface area contributed by atoms with Gasteiger partial charge in [0.1, 0.15) is 5.82 Å². The Balaban J connectivity index is 1.76. The fraction of sp³-hybridized carbons (Fsp3) is 0.316. The molecule has 1 aromatic carbocycles. The second-order valence-electron chi connectivity index (χ2n) is 6.02. The molecule has 0 aliphatic rings. The summed E-state index contributed by atoms with van der Waals surface area (Å²) in [6.07, 6.45) is 6.33. The van der Waals surface area contributed by atoms with Gasteiger partial charge in [-0.15, -0.1) is 0 Å². The van der Waals surface area contributed by atoms with E-state index in [1.54, 1.807) is 12.4 Å². The summed E-state index contributed by atoms with van der Waals surface area (Å²) in [6.45, 7) is 7.25. The molecule has 1 amide bonds. The molecule has 0 bridgehead atoms. The van der Waals surface area contributed by atoms with Gasteiger partial charge in [0, 0.05) is 31.2 Å². The number of nitrogens with zero attached hydrogens (tertiary/aromatic N) is 4. The fourth-order valence-electron chi connectivity index (χ4n) is 2.91. The van der Waals surface area contributed by atoms with Crippen molar-refractivity contribution in [1.29, 1.82) is 0 Å². The van der Waals surface area contributed by atoms with Crippen LogP contribution < -0.4 is 5.32 Å². The van der Waals surface area contributed by atoms with Gasteiger partial charge < -0.3 is 9.88 Å².